The van der Waals surface area contributed by atoms with Gasteiger partial charge in [-0.1, -0.05) is 135 Å². The molecule has 6 heteroatoms. The van der Waals surface area contributed by atoms with E-state index in [0.717, 1.165) is 89.0 Å². The second kappa shape index (κ2) is 16.4. The lowest BCUT2D eigenvalue weighted by Crippen LogP contribution is -2.40. The molecule has 10 aromatic carbocycles. The first kappa shape index (κ1) is 45.0. The fourth-order valence-corrected chi connectivity index (χ4v) is 13.3. The molecule has 1 spiro atoms. The Balaban J connectivity index is 1.07. The molecule has 2 heterocycles. The Hall–Kier alpha value is -9.62. The van der Waals surface area contributed by atoms with Crippen LogP contribution in [0.1, 0.15) is 80.6 Å². The van der Waals surface area contributed by atoms with Gasteiger partial charge in [-0.3, -0.25) is 0 Å². The van der Waals surface area contributed by atoms with Crippen LogP contribution in [0.15, 0.2) is 203 Å². The van der Waals surface area contributed by atoms with Crippen LogP contribution in [0.3, 0.4) is 0 Å². The SMILES string of the molecule is Cc1cc(C)cc(N(c2ccc3c(c2)C2(c4cc(N(c5cc(C)cc(C)c5)c5cccc6c5oc5c(C#N)cccc56)ccc4-3)c3ccccc3C(C)(C)c3ccccc32)c2cccc3c2oc2c(C#N)cccc23)c1. The first-order valence-electron chi connectivity index (χ1n) is 25.9. The van der Waals surface area contributed by atoms with E-state index in [1.165, 1.54) is 33.4 Å². The van der Waals surface area contributed by atoms with Crippen molar-refractivity contribution in [1.29, 1.82) is 10.5 Å². The van der Waals surface area contributed by atoms with Crippen molar-refractivity contribution in [3.05, 3.63) is 261 Å². The molecule has 76 heavy (non-hydrogen) atoms. The van der Waals surface area contributed by atoms with Crippen molar-refractivity contribution in [2.45, 2.75) is 52.4 Å². The zero-order chi connectivity index (χ0) is 51.8. The predicted octanol–water partition coefficient (Wildman–Crippen LogP) is 18.4. The van der Waals surface area contributed by atoms with E-state index < -0.39 is 5.41 Å². The Labute approximate surface area is 441 Å². The van der Waals surface area contributed by atoms with Gasteiger partial charge in [-0.25, -0.2) is 0 Å². The molecule has 2 aromatic heterocycles. The summed E-state index contributed by atoms with van der Waals surface area (Å²) < 4.78 is 13.7. The smallest absolute Gasteiger partial charge is 0.159 e. The highest BCUT2D eigenvalue weighted by Gasteiger charge is 2.54. The second-order valence-corrected chi connectivity index (χ2v) is 21.4. The molecule has 0 aliphatic heterocycles. The number of furan rings is 2. The summed E-state index contributed by atoms with van der Waals surface area (Å²) in [6.07, 6.45) is 0. The summed E-state index contributed by atoms with van der Waals surface area (Å²) in [5.41, 5.74) is 22.6. The molecule has 0 radical (unpaired) electrons. The number of nitrogens with zero attached hydrogens (tertiary/aromatic N) is 4. The summed E-state index contributed by atoms with van der Waals surface area (Å²) in [6, 6.07) is 74.6. The Kier molecular flexibility index (Phi) is 9.74. The summed E-state index contributed by atoms with van der Waals surface area (Å²) in [5.74, 6) is 0. The van der Waals surface area contributed by atoms with E-state index >= 15 is 0 Å². The van der Waals surface area contributed by atoms with E-state index in [2.05, 4.69) is 221 Å². The van der Waals surface area contributed by atoms with Gasteiger partial charge in [0.05, 0.1) is 27.9 Å². The lowest BCUT2D eigenvalue weighted by molar-refractivity contribution is 0.563. The van der Waals surface area contributed by atoms with Gasteiger partial charge < -0.3 is 18.6 Å². The van der Waals surface area contributed by atoms with E-state index in [-0.39, 0.29) is 5.41 Å². The van der Waals surface area contributed by atoms with Crippen LogP contribution in [0.25, 0.3) is 55.0 Å². The van der Waals surface area contributed by atoms with Crippen molar-refractivity contribution in [3.63, 3.8) is 0 Å². The molecule has 0 amide bonds. The highest BCUT2D eigenvalue weighted by Crippen LogP contribution is 2.64. The molecule has 6 nitrogen and oxygen atoms in total. The van der Waals surface area contributed by atoms with Crippen LogP contribution in [0, 0.1) is 50.4 Å². The standard InChI is InChI=1S/C70H50N4O2/c1-41-31-42(2)34-49(33-41)73(63-25-13-19-55-53-17-11-15-45(39-71)65(53)75-67(55)63)47-27-29-51-52-30-28-48(38-62(52)70(61(51)37-47)59-23-9-7-21-57(59)69(5,6)58-22-8-10-24-60(58)70)74(50-35-43(3)32-44(4)36-50)64-26-14-20-56-54-18-12-16-46(40-72)66(54)76-68(56)64/h7-38H,1-6H3. The van der Waals surface area contributed by atoms with Gasteiger partial charge in [-0.2, -0.15) is 10.5 Å². The van der Waals surface area contributed by atoms with E-state index in [1.54, 1.807) is 0 Å². The number of rotatable bonds is 6. The van der Waals surface area contributed by atoms with E-state index in [0.29, 0.717) is 33.5 Å². The molecule has 0 unspecified atom stereocenters. The first-order valence-corrected chi connectivity index (χ1v) is 25.9. The molecule has 2 aliphatic rings. The van der Waals surface area contributed by atoms with Crippen molar-refractivity contribution in [2.24, 2.45) is 0 Å². The average Bonchev–Trinajstić information content (AvgIpc) is 4.20. The fraction of sp³-hybridized carbons (Fsp3) is 0.114. The molecule has 0 saturated heterocycles. The van der Waals surface area contributed by atoms with Crippen molar-refractivity contribution in [1.82, 2.24) is 0 Å². The number of para-hydroxylation sites is 4. The van der Waals surface area contributed by atoms with Crippen LogP contribution in [-0.4, -0.2) is 0 Å². The van der Waals surface area contributed by atoms with Crippen LogP contribution < -0.4 is 9.80 Å². The lowest BCUT2D eigenvalue weighted by atomic mass is 9.55. The van der Waals surface area contributed by atoms with Crippen molar-refractivity contribution in [2.75, 3.05) is 9.80 Å². The molecule has 362 valence electrons. The molecule has 0 fully saturated rings. The molecule has 0 bridgehead atoms. The van der Waals surface area contributed by atoms with Crippen molar-refractivity contribution in [3.8, 4) is 23.3 Å². The van der Waals surface area contributed by atoms with Gasteiger partial charge in [0.25, 0.3) is 0 Å². The molecule has 14 rings (SSSR count). The molecule has 0 N–H and O–H groups in total. The average molecular weight is 979 g/mol. The van der Waals surface area contributed by atoms with Crippen LogP contribution in [-0.2, 0) is 10.8 Å². The third kappa shape index (κ3) is 6.31. The number of nitriles is 2. The van der Waals surface area contributed by atoms with Crippen molar-refractivity contribution < 1.29 is 8.83 Å². The maximum Gasteiger partial charge on any atom is 0.159 e. The maximum absolute atomic E-state index is 10.2. The van der Waals surface area contributed by atoms with Gasteiger partial charge in [0, 0.05) is 49.7 Å². The number of aryl methyl sites for hydroxylation is 4. The number of fused-ring (bicyclic) bond motifs is 15. The summed E-state index contributed by atoms with van der Waals surface area (Å²) in [5, 5.41) is 24.2. The topological polar surface area (TPSA) is 80.3 Å². The number of benzene rings is 10. The summed E-state index contributed by atoms with van der Waals surface area (Å²) in [7, 11) is 0. The second-order valence-electron chi connectivity index (χ2n) is 21.4. The summed E-state index contributed by atoms with van der Waals surface area (Å²) in [6.45, 7) is 13.3. The van der Waals surface area contributed by atoms with E-state index in [4.69, 9.17) is 8.83 Å². The highest BCUT2D eigenvalue weighted by atomic mass is 16.3. The van der Waals surface area contributed by atoms with Crippen LogP contribution in [0.2, 0.25) is 0 Å². The molecule has 12 aromatic rings. The zero-order valence-electron chi connectivity index (χ0n) is 43.1. The van der Waals surface area contributed by atoms with Crippen molar-refractivity contribution >= 4 is 78.0 Å². The zero-order valence-corrected chi connectivity index (χ0v) is 43.1. The minimum atomic E-state index is -0.776. The summed E-state index contributed by atoms with van der Waals surface area (Å²) in [4.78, 5) is 4.69. The van der Waals surface area contributed by atoms with Crippen LogP contribution in [0.4, 0.5) is 34.1 Å². The van der Waals surface area contributed by atoms with Crippen LogP contribution >= 0.6 is 0 Å². The van der Waals surface area contributed by atoms with E-state index in [9.17, 15) is 10.5 Å². The number of anilines is 6. The monoisotopic (exact) mass is 978 g/mol. The minimum absolute atomic E-state index is 0.314. The van der Waals surface area contributed by atoms with Gasteiger partial charge in [-0.05, 0) is 167 Å². The third-order valence-corrected chi connectivity index (χ3v) is 16.3. The minimum Gasteiger partial charge on any atom is -0.452 e. The number of hydrogen-bond acceptors (Lipinski definition) is 6. The largest absolute Gasteiger partial charge is 0.452 e. The number of hydrogen-bond donors (Lipinski definition) is 0. The Morgan fingerprint density at radius 2 is 0.724 bits per heavy atom. The summed E-state index contributed by atoms with van der Waals surface area (Å²) >= 11 is 0. The van der Waals surface area contributed by atoms with Gasteiger partial charge in [0.15, 0.2) is 22.3 Å². The molecule has 0 atom stereocenters. The normalized spacial score (nSPS) is 13.6. The van der Waals surface area contributed by atoms with Gasteiger partial charge >= 0.3 is 0 Å². The third-order valence-electron chi connectivity index (χ3n) is 16.3. The van der Waals surface area contributed by atoms with E-state index in [1.807, 2.05) is 36.4 Å². The van der Waals surface area contributed by atoms with Crippen LogP contribution in [0.5, 0.6) is 0 Å². The maximum atomic E-state index is 10.2. The molecular weight excluding hydrogens is 929 g/mol. The fourth-order valence-electron chi connectivity index (χ4n) is 13.3. The molecule has 0 saturated carbocycles. The lowest BCUT2D eigenvalue weighted by Gasteiger charge is -2.47. The Bertz CT molecular complexity index is 4230. The van der Waals surface area contributed by atoms with Gasteiger partial charge in [-0.15, -0.1) is 0 Å². The molecular formula is C70H50N4O2. The predicted molar refractivity (Wildman–Crippen MR) is 308 cm³/mol. The Morgan fingerprint density at radius 1 is 0.355 bits per heavy atom. The highest BCUT2D eigenvalue weighted by molar-refractivity contribution is 6.13. The molecule has 2 aliphatic carbocycles. The van der Waals surface area contributed by atoms with Gasteiger partial charge in [0.2, 0.25) is 0 Å². The first-order chi connectivity index (χ1) is 37.0. The quantitative estimate of drug-likeness (QED) is 0.165. The van der Waals surface area contributed by atoms with Gasteiger partial charge in [0.1, 0.15) is 12.1 Å². The Morgan fingerprint density at radius 3 is 1.12 bits per heavy atom.